The minimum atomic E-state index is -0.387. The molecule has 1 aliphatic rings. The maximum absolute atomic E-state index is 13.0. The lowest BCUT2D eigenvalue weighted by atomic mass is 10.1. The SMILES string of the molecule is CN(c1cccs1)c1c(C#N)c(NC(=O)c2ccc3c(c2)OCO3)nc2ccccc12. The fraction of sp³-hybridized carbons (Fsp3) is 0.0870. The van der Waals surface area contributed by atoms with Crippen LogP contribution in [0.15, 0.2) is 60.0 Å². The monoisotopic (exact) mass is 428 g/mol. The fourth-order valence-corrected chi connectivity index (χ4v) is 4.23. The van der Waals surface area contributed by atoms with E-state index >= 15 is 0 Å². The molecule has 2 aromatic carbocycles. The third kappa shape index (κ3) is 3.31. The molecule has 7 nitrogen and oxygen atoms in total. The third-order valence-electron chi connectivity index (χ3n) is 5.02. The number of anilines is 3. The van der Waals surface area contributed by atoms with Crippen LogP contribution in [0.1, 0.15) is 15.9 Å². The van der Waals surface area contributed by atoms with E-state index in [0.717, 1.165) is 10.4 Å². The molecule has 2 aromatic heterocycles. The number of hydrogen-bond donors (Lipinski definition) is 1. The van der Waals surface area contributed by atoms with Gasteiger partial charge in [0.1, 0.15) is 11.6 Å². The molecule has 8 heteroatoms. The second-order valence-corrected chi connectivity index (χ2v) is 7.77. The number of para-hydroxylation sites is 1. The van der Waals surface area contributed by atoms with Crippen LogP contribution in [0, 0.1) is 11.3 Å². The highest BCUT2D eigenvalue weighted by Gasteiger charge is 2.22. The molecule has 0 bridgehead atoms. The summed E-state index contributed by atoms with van der Waals surface area (Å²) in [5.74, 6) is 0.931. The van der Waals surface area contributed by atoms with Crippen molar-refractivity contribution in [3.05, 3.63) is 71.1 Å². The number of fused-ring (bicyclic) bond motifs is 2. The summed E-state index contributed by atoms with van der Waals surface area (Å²) in [7, 11) is 1.90. The average Bonchev–Trinajstić information content (AvgIpc) is 3.49. The normalized spacial score (nSPS) is 11.9. The van der Waals surface area contributed by atoms with Gasteiger partial charge >= 0.3 is 0 Å². The fourth-order valence-electron chi connectivity index (χ4n) is 3.53. The molecule has 152 valence electrons. The smallest absolute Gasteiger partial charge is 0.256 e. The molecule has 0 saturated carbocycles. The molecular formula is C23H16N4O3S. The van der Waals surface area contributed by atoms with Crippen molar-refractivity contribution in [3.8, 4) is 17.6 Å². The molecule has 0 aliphatic carbocycles. The lowest BCUT2D eigenvalue weighted by Crippen LogP contribution is -2.17. The second-order valence-electron chi connectivity index (χ2n) is 6.85. The predicted octanol–water partition coefficient (Wildman–Crippen LogP) is 4.92. The zero-order valence-corrected chi connectivity index (χ0v) is 17.3. The van der Waals surface area contributed by atoms with E-state index < -0.39 is 0 Å². The van der Waals surface area contributed by atoms with Gasteiger partial charge in [-0.15, -0.1) is 11.3 Å². The number of nitrogens with zero attached hydrogens (tertiary/aromatic N) is 3. The van der Waals surface area contributed by atoms with Gasteiger partial charge in [-0.2, -0.15) is 5.26 Å². The minimum Gasteiger partial charge on any atom is -0.454 e. The maximum atomic E-state index is 13.0. The quantitative estimate of drug-likeness (QED) is 0.497. The molecule has 3 heterocycles. The molecule has 4 aromatic rings. The number of benzene rings is 2. The summed E-state index contributed by atoms with van der Waals surface area (Å²) < 4.78 is 10.7. The summed E-state index contributed by atoms with van der Waals surface area (Å²) in [5, 5.41) is 16.6. The van der Waals surface area contributed by atoms with Gasteiger partial charge in [-0.1, -0.05) is 18.2 Å². The molecular weight excluding hydrogens is 412 g/mol. The molecule has 0 atom stereocenters. The first-order valence-electron chi connectivity index (χ1n) is 9.47. The van der Waals surface area contributed by atoms with Crippen molar-refractivity contribution >= 4 is 44.7 Å². The number of ether oxygens (including phenoxy) is 2. The Morgan fingerprint density at radius 1 is 1.16 bits per heavy atom. The van der Waals surface area contributed by atoms with E-state index in [-0.39, 0.29) is 18.5 Å². The van der Waals surface area contributed by atoms with Gasteiger partial charge in [0.05, 0.1) is 16.2 Å². The van der Waals surface area contributed by atoms with Crippen molar-refractivity contribution in [2.24, 2.45) is 0 Å². The standard InChI is InChI=1S/C23H16N4O3S/c1-27(20-7-4-10-31-20)21-15-5-2-3-6-17(15)25-22(16(21)12-24)26-23(28)14-8-9-18-19(11-14)30-13-29-18/h2-11H,13H2,1H3,(H,25,26,28). The number of thiophene rings is 1. The number of nitriles is 1. The lowest BCUT2D eigenvalue weighted by molar-refractivity contribution is 0.102. The largest absolute Gasteiger partial charge is 0.454 e. The first-order chi connectivity index (χ1) is 15.2. The Labute approximate surface area is 182 Å². The highest BCUT2D eigenvalue weighted by atomic mass is 32.1. The Bertz CT molecular complexity index is 1350. The van der Waals surface area contributed by atoms with E-state index in [1.807, 2.05) is 53.7 Å². The molecule has 0 spiro atoms. The topological polar surface area (TPSA) is 87.5 Å². The van der Waals surface area contributed by atoms with Gasteiger partial charge in [0.15, 0.2) is 17.3 Å². The third-order valence-corrected chi connectivity index (χ3v) is 5.96. The van der Waals surface area contributed by atoms with Crippen LogP contribution in [-0.2, 0) is 0 Å². The Hall–Kier alpha value is -4.09. The van der Waals surface area contributed by atoms with Crippen LogP contribution in [0.25, 0.3) is 10.9 Å². The van der Waals surface area contributed by atoms with Crippen molar-refractivity contribution < 1.29 is 14.3 Å². The predicted molar refractivity (Wildman–Crippen MR) is 119 cm³/mol. The number of aromatic nitrogens is 1. The van der Waals surface area contributed by atoms with Gasteiger partial charge in [-0.05, 0) is 41.8 Å². The summed E-state index contributed by atoms with van der Waals surface area (Å²) >= 11 is 1.56. The van der Waals surface area contributed by atoms with E-state index in [1.165, 1.54) is 0 Å². The number of carbonyl (C=O) groups is 1. The Morgan fingerprint density at radius 3 is 2.81 bits per heavy atom. The van der Waals surface area contributed by atoms with Crippen molar-refractivity contribution in [1.82, 2.24) is 4.98 Å². The summed E-state index contributed by atoms with van der Waals surface area (Å²) in [6.07, 6.45) is 0. The van der Waals surface area contributed by atoms with Crippen molar-refractivity contribution in [3.63, 3.8) is 0 Å². The molecule has 5 rings (SSSR count). The number of pyridine rings is 1. The van der Waals surface area contributed by atoms with E-state index in [2.05, 4.69) is 16.4 Å². The molecule has 0 radical (unpaired) electrons. The molecule has 1 aliphatic heterocycles. The molecule has 0 fully saturated rings. The Balaban J connectivity index is 1.60. The Kier molecular flexibility index (Phi) is 4.65. The summed E-state index contributed by atoms with van der Waals surface area (Å²) in [5.41, 5.74) is 2.05. The first-order valence-corrected chi connectivity index (χ1v) is 10.3. The number of rotatable bonds is 4. The molecule has 0 unspecified atom stereocenters. The molecule has 0 saturated heterocycles. The average molecular weight is 428 g/mol. The number of carbonyl (C=O) groups excluding carboxylic acids is 1. The van der Waals surface area contributed by atoms with Gasteiger partial charge < -0.3 is 19.7 Å². The van der Waals surface area contributed by atoms with E-state index in [9.17, 15) is 10.1 Å². The molecule has 31 heavy (non-hydrogen) atoms. The van der Waals surface area contributed by atoms with E-state index in [1.54, 1.807) is 29.5 Å². The van der Waals surface area contributed by atoms with Gasteiger partial charge in [0.25, 0.3) is 5.91 Å². The lowest BCUT2D eigenvalue weighted by Gasteiger charge is -2.22. The van der Waals surface area contributed by atoms with Crippen molar-refractivity contribution in [1.29, 1.82) is 5.26 Å². The molecule has 1 N–H and O–H groups in total. The summed E-state index contributed by atoms with van der Waals surface area (Å²) in [6.45, 7) is 0.129. The zero-order valence-electron chi connectivity index (χ0n) is 16.5. The van der Waals surface area contributed by atoms with Gasteiger partial charge in [0, 0.05) is 18.0 Å². The zero-order chi connectivity index (χ0) is 21.4. The van der Waals surface area contributed by atoms with Crippen LogP contribution < -0.4 is 19.7 Å². The van der Waals surface area contributed by atoms with Crippen LogP contribution in [0.4, 0.5) is 16.5 Å². The maximum Gasteiger partial charge on any atom is 0.256 e. The van der Waals surface area contributed by atoms with Gasteiger partial charge in [-0.25, -0.2) is 4.98 Å². The minimum absolute atomic E-state index is 0.129. The van der Waals surface area contributed by atoms with E-state index in [4.69, 9.17) is 9.47 Å². The highest BCUT2D eigenvalue weighted by Crippen LogP contribution is 2.39. The number of amides is 1. The van der Waals surface area contributed by atoms with Gasteiger partial charge in [-0.3, -0.25) is 4.79 Å². The van der Waals surface area contributed by atoms with Crippen LogP contribution >= 0.6 is 11.3 Å². The van der Waals surface area contributed by atoms with Crippen LogP contribution in [0.2, 0.25) is 0 Å². The second kappa shape index (κ2) is 7.63. The Morgan fingerprint density at radius 2 is 2.00 bits per heavy atom. The summed E-state index contributed by atoms with van der Waals surface area (Å²) in [6, 6.07) is 18.7. The highest BCUT2D eigenvalue weighted by molar-refractivity contribution is 7.14. The van der Waals surface area contributed by atoms with Crippen LogP contribution in [0.3, 0.4) is 0 Å². The number of hydrogen-bond acceptors (Lipinski definition) is 7. The first kappa shape index (κ1) is 18.9. The van der Waals surface area contributed by atoms with Crippen molar-refractivity contribution in [2.45, 2.75) is 0 Å². The molecule has 1 amide bonds. The number of nitrogens with one attached hydrogen (secondary N) is 1. The van der Waals surface area contributed by atoms with Gasteiger partial charge in [0.2, 0.25) is 6.79 Å². The van der Waals surface area contributed by atoms with E-state index in [0.29, 0.717) is 33.8 Å². The van der Waals surface area contributed by atoms with Crippen molar-refractivity contribution in [2.75, 3.05) is 24.1 Å². The summed E-state index contributed by atoms with van der Waals surface area (Å²) in [4.78, 5) is 19.5. The van der Waals surface area contributed by atoms with Crippen LogP contribution in [-0.4, -0.2) is 24.7 Å². The van der Waals surface area contributed by atoms with Crippen LogP contribution in [0.5, 0.6) is 11.5 Å².